The maximum absolute atomic E-state index is 5.31. The first-order valence-corrected chi connectivity index (χ1v) is 9.46. The summed E-state index contributed by atoms with van der Waals surface area (Å²) >= 11 is 3.35. The molecule has 25 heavy (non-hydrogen) atoms. The van der Waals surface area contributed by atoms with Crippen molar-refractivity contribution in [3.8, 4) is 0 Å². The molecule has 1 unspecified atom stereocenters. The van der Waals surface area contributed by atoms with Gasteiger partial charge in [-0.3, -0.25) is 4.99 Å². The van der Waals surface area contributed by atoms with Crippen LogP contribution in [0.5, 0.6) is 0 Å². The zero-order valence-corrected chi connectivity index (χ0v) is 19.5. The first-order valence-electron chi connectivity index (χ1n) is 7.76. The van der Waals surface area contributed by atoms with Crippen LogP contribution >= 0.6 is 46.7 Å². The average Bonchev–Trinajstić information content (AvgIpc) is 3.14. The molecule has 0 saturated heterocycles. The van der Waals surface area contributed by atoms with Gasteiger partial charge < -0.3 is 15.0 Å². The maximum atomic E-state index is 5.31. The number of aliphatic imine (C=N–C) groups is 1. The van der Waals surface area contributed by atoms with Crippen LogP contribution in [0.2, 0.25) is 0 Å². The molecule has 1 atom stereocenters. The molecule has 9 heteroatoms. The molecule has 6 nitrogen and oxygen atoms in total. The number of guanidine groups is 1. The van der Waals surface area contributed by atoms with Crippen LogP contribution in [0.1, 0.15) is 39.3 Å². The van der Waals surface area contributed by atoms with Gasteiger partial charge in [0.15, 0.2) is 5.96 Å². The van der Waals surface area contributed by atoms with Gasteiger partial charge in [0.2, 0.25) is 0 Å². The van der Waals surface area contributed by atoms with E-state index in [4.69, 9.17) is 4.74 Å². The second kappa shape index (κ2) is 10.4. The molecule has 2 aromatic heterocycles. The van der Waals surface area contributed by atoms with Gasteiger partial charge in [0.25, 0.3) is 0 Å². The lowest BCUT2D eigenvalue weighted by Crippen LogP contribution is -2.38. The van der Waals surface area contributed by atoms with Crippen molar-refractivity contribution in [1.29, 1.82) is 0 Å². The fourth-order valence-corrected chi connectivity index (χ4v) is 3.87. The van der Waals surface area contributed by atoms with E-state index in [0.717, 1.165) is 27.4 Å². The Balaban J connectivity index is 0.00000312. The van der Waals surface area contributed by atoms with E-state index in [9.17, 15) is 0 Å². The largest absolute Gasteiger partial charge is 0.375 e. The molecule has 2 aromatic rings. The molecule has 0 bridgehead atoms. The van der Waals surface area contributed by atoms with Crippen LogP contribution in [-0.2, 0) is 17.8 Å². The molecule has 0 saturated carbocycles. The summed E-state index contributed by atoms with van der Waals surface area (Å²) in [5, 5.41) is 7.50. The lowest BCUT2D eigenvalue weighted by molar-refractivity contribution is 0.119. The number of thiazole rings is 2. The molecule has 0 fully saturated rings. The highest BCUT2D eigenvalue weighted by Crippen LogP contribution is 2.21. The van der Waals surface area contributed by atoms with Gasteiger partial charge in [0, 0.05) is 31.5 Å². The SMILES string of the molecule is CN=C(NCc1nc(C)c(C)s1)N(C)Cc1csc(C(C)OC)n1.I. The van der Waals surface area contributed by atoms with Crippen molar-refractivity contribution in [1.82, 2.24) is 20.2 Å². The van der Waals surface area contributed by atoms with Crippen LogP contribution in [-0.4, -0.2) is 42.0 Å². The van der Waals surface area contributed by atoms with Crippen LogP contribution < -0.4 is 5.32 Å². The highest BCUT2D eigenvalue weighted by atomic mass is 127. The molecule has 0 aliphatic rings. The van der Waals surface area contributed by atoms with E-state index in [0.29, 0.717) is 13.1 Å². The summed E-state index contributed by atoms with van der Waals surface area (Å²) in [6.45, 7) is 7.52. The highest BCUT2D eigenvalue weighted by molar-refractivity contribution is 14.0. The fraction of sp³-hybridized carbons (Fsp3) is 0.562. The van der Waals surface area contributed by atoms with E-state index < -0.39 is 0 Å². The predicted octanol–water partition coefficient (Wildman–Crippen LogP) is 3.75. The van der Waals surface area contributed by atoms with E-state index in [1.165, 1.54) is 4.88 Å². The van der Waals surface area contributed by atoms with Crippen molar-refractivity contribution in [3.05, 3.63) is 31.7 Å². The van der Waals surface area contributed by atoms with Crippen LogP contribution in [0, 0.1) is 13.8 Å². The van der Waals surface area contributed by atoms with Gasteiger partial charge in [-0.05, 0) is 20.8 Å². The standard InChI is InChI=1S/C16H25N5OS2.HI/c1-10-12(3)24-14(19-10)7-18-16(17-4)21(5)8-13-9-23-15(20-13)11(2)22-6;/h9,11H,7-8H2,1-6H3,(H,17,18);1H. The minimum atomic E-state index is 0. The average molecular weight is 495 g/mol. The minimum Gasteiger partial charge on any atom is -0.375 e. The van der Waals surface area contributed by atoms with Crippen molar-refractivity contribution < 1.29 is 4.74 Å². The molecular formula is C16H26IN5OS2. The first kappa shape index (κ1) is 22.3. The van der Waals surface area contributed by atoms with E-state index in [1.807, 2.05) is 20.9 Å². The Morgan fingerprint density at radius 1 is 1.40 bits per heavy atom. The lowest BCUT2D eigenvalue weighted by Gasteiger charge is -2.20. The number of nitrogens with zero attached hydrogens (tertiary/aromatic N) is 4. The summed E-state index contributed by atoms with van der Waals surface area (Å²) in [6, 6.07) is 0. The van der Waals surface area contributed by atoms with Gasteiger partial charge in [-0.15, -0.1) is 46.7 Å². The van der Waals surface area contributed by atoms with E-state index in [2.05, 4.69) is 37.5 Å². The van der Waals surface area contributed by atoms with E-state index in [1.54, 1.807) is 36.8 Å². The molecule has 0 spiro atoms. The topological polar surface area (TPSA) is 62.6 Å². The predicted molar refractivity (Wildman–Crippen MR) is 116 cm³/mol. The monoisotopic (exact) mass is 495 g/mol. The quantitative estimate of drug-likeness (QED) is 0.376. The molecule has 0 aliphatic heterocycles. The lowest BCUT2D eigenvalue weighted by atomic mass is 10.4. The summed E-state index contributed by atoms with van der Waals surface area (Å²) in [5.74, 6) is 0.829. The van der Waals surface area contributed by atoms with Crippen LogP contribution in [0.25, 0.3) is 0 Å². The Morgan fingerprint density at radius 3 is 2.68 bits per heavy atom. The third-order valence-corrected chi connectivity index (χ3v) is 5.84. The molecule has 1 N–H and O–H groups in total. The number of aromatic nitrogens is 2. The van der Waals surface area contributed by atoms with Crippen LogP contribution in [0.15, 0.2) is 10.4 Å². The minimum absolute atomic E-state index is 0. The van der Waals surface area contributed by atoms with E-state index >= 15 is 0 Å². The molecule has 2 heterocycles. The van der Waals surface area contributed by atoms with Gasteiger partial charge in [0.1, 0.15) is 16.1 Å². The van der Waals surface area contributed by atoms with Crippen molar-refractivity contribution in [3.63, 3.8) is 0 Å². The Morgan fingerprint density at radius 2 is 2.12 bits per heavy atom. The Kier molecular flexibility index (Phi) is 9.25. The number of halogens is 1. The number of hydrogen-bond acceptors (Lipinski definition) is 6. The molecule has 0 aliphatic carbocycles. The number of ether oxygens (including phenoxy) is 1. The van der Waals surface area contributed by atoms with Gasteiger partial charge in [-0.1, -0.05) is 0 Å². The van der Waals surface area contributed by atoms with Gasteiger partial charge in [0.05, 0.1) is 24.5 Å². The summed E-state index contributed by atoms with van der Waals surface area (Å²) in [4.78, 5) is 16.8. The van der Waals surface area contributed by atoms with E-state index in [-0.39, 0.29) is 30.1 Å². The van der Waals surface area contributed by atoms with Gasteiger partial charge in [-0.2, -0.15) is 0 Å². The van der Waals surface area contributed by atoms with Crippen molar-refractivity contribution >= 4 is 52.6 Å². The Bertz CT molecular complexity index is 681. The summed E-state index contributed by atoms with van der Waals surface area (Å²) in [7, 11) is 5.49. The first-order chi connectivity index (χ1) is 11.4. The molecule has 0 radical (unpaired) electrons. The third-order valence-electron chi connectivity index (χ3n) is 3.71. The molecular weight excluding hydrogens is 469 g/mol. The second-order valence-corrected chi connectivity index (χ2v) is 7.74. The van der Waals surface area contributed by atoms with Crippen molar-refractivity contribution in [2.75, 3.05) is 21.2 Å². The number of rotatable bonds is 6. The molecule has 0 aromatic carbocycles. The fourth-order valence-electron chi connectivity index (χ4n) is 2.15. The Labute approximate surface area is 174 Å². The van der Waals surface area contributed by atoms with Crippen LogP contribution in [0.3, 0.4) is 0 Å². The number of methoxy groups -OCH3 is 1. The smallest absolute Gasteiger partial charge is 0.194 e. The number of hydrogen-bond donors (Lipinski definition) is 1. The number of nitrogens with one attached hydrogen (secondary N) is 1. The second-order valence-electron chi connectivity index (χ2n) is 5.56. The maximum Gasteiger partial charge on any atom is 0.194 e. The van der Waals surface area contributed by atoms with Gasteiger partial charge >= 0.3 is 0 Å². The molecule has 0 amide bonds. The third kappa shape index (κ3) is 6.15. The van der Waals surface area contributed by atoms with Crippen molar-refractivity contribution in [2.24, 2.45) is 4.99 Å². The Hall–Kier alpha value is -0.780. The summed E-state index contributed by atoms with van der Waals surface area (Å²) in [6.07, 6.45) is 0.0304. The zero-order valence-electron chi connectivity index (χ0n) is 15.5. The number of aryl methyl sites for hydroxylation is 2. The highest BCUT2D eigenvalue weighted by Gasteiger charge is 2.13. The van der Waals surface area contributed by atoms with Crippen LogP contribution in [0.4, 0.5) is 0 Å². The molecule has 140 valence electrons. The summed E-state index contributed by atoms with van der Waals surface area (Å²) < 4.78 is 5.31. The van der Waals surface area contributed by atoms with Crippen molar-refractivity contribution in [2.45, 2.75) is 40.0 Å². The normalized spacial score (nSPS) is 12.6. The zero-order chi connectivity index (χ0) is 17.7. The van der Waals surface area contributed by atoms with Gasteiger partial charge in [-0.25, -0.2) is 9.97 Å². The summed E-state index contributed by atoms with van der Waals surface area (Å²) in [5.41, 5.74) is 2.12. The molecule has 2 rings (SSSR count).